The molecule has 4 aromatic heterocycles. The molecule has 4 heterocycles. The molecule has 0 fully saturated rings. The first kappa shape index (κ1) is 16.0. The number of hydrogen-bond acceptors (Lipinski definition) is 3. The molecule has 0 saturated carbocycles. The van der Waals surface area contributed by atoms with Crippen molar-refractivity contribution in [3.63, 3.8) is 0 Å². The topological polar surface area (TPSA) is 70.2 Å². The van der Waals surface area contributed by atoms with Gasteiger partial charge in [0.05, 0.1) is 22.6 Å². The Labute approximate surface area is 166 Å². The SMILES string of the molecule is C1=CC(c2cccc3[nH]c(-c4n[nH]c5ccc(-c6ccccn6)nc45)cc23)=CC1. The van der Waals surface area contributed by atoms with Crippen molar-refractivity contribution >= 4 is 27.5 Å². The molecule has 1 aliphatic rings. The predicted octanol–water partition coefficient (Wildman–Crippen LogP) is 5.51. The molecule has 0 amide bonds. The van der Waals surface area contributed by atoms with Gasteiger partial charge in [0.25, 0.3) is 0 Å². The highest BCUT2D eigenvalue weighted by atomic mass is 15.1. The van der Waals surface area contributed by atoms with Crippen molar-refractivity contribution in [2.24, 2.45) is 0 Å². The Morgan fingerprint density at radius 1 is 0.897 bits per heavy atom. The Balaban J connectivity index is 1.52. The Morgan fingerprint density at radius 3 is 2.76 bits per heavy atom. The zero-order valence-electron chi connectivity index (χ0n) is 15.6. The van der Waals surface area contributed by atoms with Crippen LogP contribution >= 0.6 is 0 Å². The van der Waals surface area contributed by atoms with E-state index in [1.54, 1.807) is 6.20 Å². The highest BCUT2D eigenvalue weighted by Gasteiger charge is 2.16. The molecule has 0 radical (unpaired) electrons. The third kappa shape index (κ3) is 2.59. The van der Waals surface area contributed by atoms with Crippen LogP contribution in [0, 0.1) is 0 Å². The second-order valence-electron chi connectivity index (χ2n) is 7.13. The average molecular weight is 375 g/mol. The second-order valence-corrected chi connectivity index (χ2v) is 7.13. The van der Waals surface area contributed by atoms with Crippen molar-refractivity contribution in [1.82, 2.24) is 25.1 Å². The summed E-state index contributed by atoms with van der Waals surface area (Å²) in [4.78, 5) is 12.8. The molecule has 0 aliphatic heterocycles. The summed E-state index contributed by atoms with van der Waals surface area (Å²) in [5, 5.41) is 8.85. The zero-order valence-corrected chi connectivity index (χ0v) is 15.6. The molecule has 1 aromatic carbocycles. The van der Waals surface area contributed by atoms with Crippen molar-refractivity contribution in [1.29, 1.82) is 0 Å². The van der Waals surface area contributed by atoms with E-state index in [0.717, 1.165) is 45.7 Å². The van der Waals surface area contributed by atoms with Crippen LogP contribution < -0.4 is 0 Å². The van der Waals surface area contributed by atoms with Crippen molar-refractivity contribution in [2.45, 2.75) is 6.42 Å². The van der Waals surface area contributed by atoms with E-state index in [9.17, 15) is 0 Å². The largest absolute Gasteiger partial charge is 0.353 e. The fourth-order valence-corrected chi connectivity index (χ4v) is 3.94. The average Bonchev–Trinajstić information content (AvgIpc) is 3.52. The van der Waals surface area contributed by atoms with Gasteiger partial charge in [0.1, 0.15) is 11.2 Å². The number of rotatable bonds is 3. The molecule has 5 aromatic rings. The van der Waals surface area contributed by atoms with Gasteiger partial charge in [0.2, 0.25) is 0 Å². The van der Waals surface area contributed by atoms with Crippen LogP contribution in [0.1, 0.15) is 12.0 Å². The van der Waals surface area contributed by atoms with E-state index in [1.807, 2.05) is 30.3 Å². The van der Waals surface area contributed by atoms with Crippen LogP contribution in [0.4, 0.5) is 0 Å². The van der Waals surface area contributed by atoms with Crippen LogP contribution in [0.2, 0.25) is 0 Å². The third-order valence-electron chi connectivity index (χ3n) is 5.34. The van der Waals surface area contributed by atoms with Gasteiger partial charge in [0.15, 0.2) is 0 Å². The van der Waals surface area contributed by atoms with Crippen LogP contribution in [0.15, 0.2) is 79.0 Å². The van der Waals surface area contributed by atoms with Crippen molar-refractivity contribution < 1.29 is 0 Å². The maximum atomic E-state index is 4.85. The van der Waals surface area contributed by atoms with Crippen LogP contribution in [0.5, 0.6) is 0 Å². The fraction of sp³-hybridized carbons (Fsp3) is 0.0417. The summed E-state index contributed by atoms with van der Waals surface area (Å²) in [5.74, 6) is 0. The molecule has 29 heavy (non-hydrogen) atoms. The first-order chi connectivity index (χ1) is 14.4. The molecule has 0 saturated heterocycles. The number of aromatic amines is 2. The molecule has 138 valence electrons. The van der Waals surface area contributed by atoms with Gasteiger partial charge in [0, 0.05) is 17.1 Å². The lowest BCUT2D eigenvalue weighted by Gasteiger charge is -2.01. The number of H-pyrrole nitrogens is 2. The molecule has 0 bridgehead atoms. The molecule has 0 spiro atoms. The normalized spacial score (nSPS) is 13.4. The van der Waals surface area contributed by atoms with Crippen molar-refractivity contribution in [2.75, 3.05) is 0 Å². The fourth-order valence-electron chi connectivity index (χ4n) is 3.94. The Kier molecular flexibility index (Phi) is 3.46. The Bertz CT molecular complexity index is 1420. The van der Waals surface area contributed by atoms with Gasteiger partial charge < -0.3 is 4.98 Å². The first-order valence-electron chi connectivity index (χ1n) is 9.62. The minimum absolute atomic E-state index is 0.816. The second kappa shape index (κ2) is 6.27. The number of benzene rings is 1. The van der Waals surface area contributed by atoms with E-state index >= 15 is 0 Å². The molecule has 0 atom stereocenters. The monoisotopic (exact) mass is 375 g/mol. The van der Waals surface area contributed by atoms with Crippen LogP contribution in [-0.4, -0.2) is 25.1 Å². The Morgan fingerprint density at radius 2 is 1.90 bits per heavy atom. The summed E-state index contributed by atoms with van der Waals surface area (Å²) < 4.78 is 0. The number of fused-ring (bicyclic) bond motifs is 2. The van der Waals surface area contributed by atoms with Gasteiger partial charge in [-0.25, -0.2) is 4.98 Å². The molecular formula is C24H17N5. The minimum Gasteiger partial charge on any atom is -0.353 e. The lowest BCUT2D eigenvalue weighted by molar-refractivity contribution is 1.12. The van der Waals surface area contributed by atoms with E-state index in [1.165, 1.54) is 16.5 Å². The smallest absolute Gasteiger partial charge is 0.135 e. The van der Waals surface area contributed by atoms with E-state index in [-0.39, 0.29) is 0 Å². The van der Waals surface area contributed by atoms with Crippen molar-refractivity contribution in [3.8, 4) is 22.8 Å². The summed E-state index contributed by atoms with van der Waals surface area (Å²) >= 11 is 0. The number of aromatic nitrogens is 5. The van der Waals surface area contributed by atoms with Gasteiger partial charge >= 0.3 is 0 Å². The minimum atomic E-state index is 0.816. The van der Waals surface area contributed by atoms with E-state index < -0.39 is 0 Å². The predicted molar refractivity (Wildman–Crippen MR) is 116 cm³/mol. The standard InChI is InChI=1S/C24H17N5/c1-2-7-15(6-1)16-8-5-10-18-17(16)14-22(26-18)24-23-21(28-29-24)12-11-20(27-23)19-9-3-4-13-25-19/h1,3-14,26H,2H2,(H,28,29). The molecular weight excluding hydrogens is 358 g/mol. The Hall–Kier alpha value is -3.99. The first-order valence-corrected chi connectivity index (χ1v) is 9.62. The lowest BCUT2D eigenvalue weighted by atomic mass is 10.0. The molecule has 6 rings (SSSR count). The van der Waals surface area contributed by atoms with Crippen LogP contribution in [0.3, 0.4) is 0 Å². The summed E-state index contributed by atoms with van der Waals surface area (Å²) in [7, 11) is 0. The van der Waals surface area contributed by atoms with Gasteiger partial charge in [-0.1, -0.05) is 36.4 Å². The van der Waals surface area contributed by atoms with Gasteiger partial charge in [-0.2, -0.15) is 5.10 Å². The highest BCUT2D eigenvalue weighted by Crippen LogP contribution is 2.33. The number of allylic oxidation sites excluding steroid dienone is 4. The van der Waals surface area contributed by atoms with Crippen molar-refractivity contribution in [3.05, 3.63) is 84.6 Å². The number of hydrogen-bond donors (Lipinski definition) is 2. The maximum absolute atomic E-state index is 4.85. The molecule has 0 unspecified atom stereocenters. The zero-order chi connectivity index (χ0) is 19.2. The van der Waals surface area contributed by atoms with Gasteiger partial charge in [-0.05, 0) is 54.0 Å². The summed E-state index contributed by atoms with van der Waals surface area (Å²) in [6.45, 7) is 0. The molecule has 2 N–H and O–H groups in total. The summed E-state index contributed by atoms with van der Waals surface area (Å²) in [6, 6.07) is 18.3. The van der Waals surface area contributed by atoms with E-state index in [4.69, 9.17) is 4.98 Å². The quantitative estimate of drug-likeness (QED) is 0.437. The molecule has 1 aliphatic carbocycles. The summed E-state index contributed by atoms with van der Waals surface area (Å²) in [6.07, 6.45) is 9.40. The van der Waals surface area contributed by atoms with E-state index in [2.05, 4.69) is 62.7 Å². The molecule has 5 heteroatoms. The third-order valence-corrected chi connectivity index (χ3v) is 5.34. The highest BCUT2D eigenvalue weighted by molar-refractivity contribution is 6.00. The van der Waals surface area contributed by atoms with Crippen LogP contribution in [0.25, 0.3) is 50.3 Å². The number of nitrogens with one attached hydrogen (secondary N) is 2. The molecule has 5 nitrogen and oxygen atoms in total. The van der Waals surface area contributed by atoms with E-state index in [0.29, 0.717) is 0 Å². The maximum Gasteiger partial charge on any atom is 0.135 e. The van der Waals surface area contributed by atoms with Gasteiger partial charge in [-0.3, -0.25) is 10.1 Å². The van der Waals surface area contributed by atoms with Gasteiger partial charge in [-0.15, -0.1) is 0 Å². The summed E-state index contributed by atoms with van der Waals surface area (Å²) in [5.41, 5.74) is 8.78. The lowest BCUT2D eigenvalue weighted by Crippen LogP contribution is -1.87. The number of nitrogens with zero attached hydrogens (tertiary/aromatic N) is 3. The van der Waals surface area contributed by atoms with Crippen LogP contribution in [-0.2, 0) is 0 Å². The number of pyridine rings is 2.